The third kappa shape index (κ3) is 3.65. The Hall–Kier alpha value is -2.34. The number of hydrogen-bond acceptors (Lipinski definition) is 4. The van der Waals surface area contributed by atoms with Crippen molar-refractivity contribution in [3.8, 4) is 0 Å². The van der Waals surface area contributed by atoms with Gasteiger partial charge < -0.3 is 10.2 Å². The van der Waals surface area contributed by atoms with E-state index in [4.69, 9.17) is 0 Å². The Balaban J connectivity index is 1.70. The summed E-state index contributed by atoms with van der Waals surface area (Å²) in [5, 5.41) is 7.83. The van der Waals surface area contributed by atoms with Crippen molar-refractivity contribution >= 4 is 11.6 Å². The first-order valence-corrected chi connectivity index (χ1v) is 10.4. The Morgan fingerprint density at radius 2 is 1.93 bits per heavy atom. The summed E-state index contributed by atoms with van der Waals surface area (Å²) in [7, 11) is 1.83. The van der Waals surface area contributed by atoms with Gasteiger partial charge in [-0.1, -0.05) is 18.2 Å². The third-order valence-electron chi connectivity index (χ3n) is 6.20. The minimum absolute atomic E-state index is 0.0567. The Labute approximate surface area is 167 Å². The fourth-order valence-corrected chi connectivity index (χ4v) is 4.93. The number of amides is 1. The molecule has 150 valence electrons. The van der Waals surface area contributed by atoms with Gasteiger partial charge in [-0.05, 0) is 50.8 Å². The molecule has 2 aliphatic heterocycles. The van der Waals surface area contributed by atoms with Crippen molar-refractivity contribution in [2.75, 3.05) is 18.4 Å². The van der Waals surface area contributed by atoms with Gasteiger partial charge in [0.15, 0.2) is 0 Å². The van der Waals surface area contributed by atoms with Crippen molar-refractivity contribution in [2.24, 2.45) is 7.05 Å². The van der Waals surface area contributed by atoms with E-state index in [9.17, 15) is 4.79 Å². The van der Waals surface area contributed by atoms with Crippen LogP contribution in [0.1, 0.15) is 49.2 Å². The Morgan fingerprint density at radius 3 is 2.68 bits per heavy atom. The first-order chi connectivity index (χ1) is 13.5. The molecule has 6 nitrogen and oxygen atoms in total. The van der Waals surface area contributed by atoms with Gasteiger partial charge in [-0.3, -0.25) is 14.4 Å². The summed E-state index contributed by atoms with van der Waals surface area (Å²) in [6.45, 7) is 6.89. The molecule has 0 aliphatic carbocycles. The minimum Gasteiger partial charge on any atom is -0.385 e. The number of carbonyl (C=O) groups is 1. The average Bonchev–Trinajstić information content (AvgIpc) is 3.26. The molecule has 1 fully saturated rings. The lowest BCUT2D eigenvalue weighted by molar-refractivity contribution is 0.0623. The number of benzene rings is 1. The number of aryl methyl sites for hydroxylation is 1. The van der Waals surface area contributed by atoms with Gasteiger partial charge >= 0.3 is 0 Å². The standard InChI is InChI=1S/C22H31N5O/c1-16(2)27-18-8-9-19(27)15-26(22(28)21-11-13-24-25(21)3)14-17-6-4-5-7-20(17)23-12-10-18/h4-7,11,13,16,18-19,23H,8-10,12,14-15H2,1-3H3/t18-,19+/m1/s1. The molecule has 6 heteroatoms. The molecule has 0 spiro atoms. The maximum absolute atomic E-state index is 13.4. The number of para-hydroxylation sites is 1. The van der Waals surface area contributed by atoms with E-state index >= 15 is 0 Å². The number of fused-ring (bicyclic) bond motifs is 3. The zero-order chi connectivity index (χ0) is 19.7. The summed E-state index contributed by atoms with van der Waals surface area (Å²) in [6, 6.07) is 11.7. The summed E-state index contributed by atoms with van der Waals surface area (Å²) in [5.41, 5.74) is 2.96. The number of hydrogen-bond donors (Lipinski definition) is 1. The summed E-state index contributed by atoms with van der Waals surface area (Å²) >= 11 is 0. The zero-order valence-electron chi connectivity index (χ0n) is 17.1. The molecule has 2 aromatic rings. The maximum atomic E-state index is 13.4. The van der Waals surface area contributed by atoms with E-state index < -0.39 is 0 Å². The highest BCUT2D eigenvalue weighted by Gasteiger charge is 2.37. The summed E-state index contributed by atoms with van der Waals surface area (Å²) in [5.74, 6) is 0.0567. The lowest BCUT2D eigenvalue weighted by atomic mass is 10.1. The van der Waals surface area contributed by atoms with Gasteiger partial charge in [-0.15, -0.1) is 0 Å². The van der Waals surface area contributed by atoms with Gasteiger partial charge in [0.25, 0.3) is 5.91 Å². The van der Waals surface area contributed by atoms with Crippen LogP contribution >= 0.6 is 0 Å². The SMILES string of the molecule is CC(C)N1[C@H]2CCNc3ccccc3CN(C(=O)c3ccnn3C)C[C@@H]1CC2. The topological polar surface area (TPSA) is 53.4 Å². The van der Waals surface area contributed by atoms with E-state index in [2.05, 4.69) is 53.4 Å². The highest BCUT2D eigenvalue weighted by molar-refractivity contribution is 5.92. The fraction of sp³-hybridized carbons (Fsp3) is 0.545. The maximum Gasteiger partial charge on any atom is 0.272 e. The van der Waals surface area contributed by atoms with Crippen molar-refractivity contribution in [2.45, 2.75) is 57.8 Å². The van der Waals surface area contributed by atoms with Crippen molar-refractivity contribution in [3.05, 3.63) is 47.8 Å². The van der Waals surface area contributed by atoms with Crippen LogP contribution in [0.15, 0.2) is 36.5 Å². The van der Waals surface area contributed by atoms with Crippen molar-refractivity contribution in [1.29, 1.82) is 0 Å². The predicted octanol–water partition coefficient (Wildman–Crippen LogP) is 3.12. The zero-order valence-corrected chi connectivity index (χ0v) is 17.1. The number of nitrogens with one attached hydrogen (secondary N) is 1. The molecule has 1 amide bonds. The molecular weight excluding hydrogens is 350 g/mol. The monoisotopic (exact) mass is 381 g/mol. The van der Waals surface area contributed by atoms with E-state index in [0.29, 0.717) is 30.4 Å². The molecule has 2 aliphatic rings. The predicted molar refractivity (Wildman–Crippen MR) is 111 cm³/mol. The lowest BCUT2D eigenvalue weighted by Gasteiger charge is -2.36. The summed E-state index contributed by atoms with van der Waals surface area (Å²) in [6.07, 6.45) is 5.19. The second-order valence-corrected chi connectivity index (χ2v) is 8.32. The van der Waals surface area contributed by atoms with E-state index in [1.165, 1.54) is 12.0 Å². The highest BCUT2D eigenvalue weighted by Crippen LogP contribution is 2.31. The van der Waals surface area contributed by atoms with E-state index in [0.717, 1.165) is 31.6 Å². The van der Waals surface area contributed by atoms with Gasteiger partial charge in [0.1, 0.15) is 5.69 Å². The normalized spacial score (nSPS) is 23.2. The van der Waals surface area contributed by atoms with Crippen molar-refractivity contribution in [3.63, 3.8) is 0 Å². The van der Waals surface area contributed by atoms with Crippen LogP contribution in [0.4, 0.5) is 5.69 Å². The number of anilines is 1. The summed E-state index contributed by atoms with van der Waals surface area (Å²) < 4.78 is 1.68. The highest BCUT2D eigenvalue weighted by atomic mass is 16.2. The fourth-order valence-electron chi connectivity index (χ4n) is 4.93. The quantitative estimate of drug-likeness (QED) is 0.868. The third-order valence-corrected chi connectivity index (χ3v) is 6.20. The van der Waals surface area contributed by atoms with Gasteiger partial charge in [0, 0.05) is 56.7 Å². The molecule has 4 rings (SSSR count). The van der Waals surface area contributed by atoms with Gasteiger partial charge in [0.2, 0.25) is 0 Å². The number of rotatable bonds is 2. The number of carbonyl (C=O) groups excluding carboxylic acids is 1. The van der Waals surface area contributed by atoms with Crippen LogP contribution in [-0.4, -0.2) is 56.7 Å². The van der Waals surface area contributed by atoms with E-state index in [1.807, 2.05) is 18.0 Å². The average molecular weight is 382 g/mol. The Morgan fingerprint density at radius 1 is 1.14 bits per heavy atom. The molecule has 1 aromatic heterocycles. The molecule has 28 heavy (non-hydrogen) atoms. The minimum atomic E-state index is 0.0567. The molecule has 1 N–H and O–H groups in total. The molecule has 1 saturated heterocycles. The second-order valence-electron chi connectivity index (χ2n) is 8.32. The first-order valence-electron chi connectivity index (χ1n) is 10.4. The molecular formula is C22H31N5O. The van der Waals surface area contributed by atoms with Crippen LogP contribution in [0.25, 0.3) is 0 Å². The van der Waals surface area contributed by atoms with Gasteiger partial charge in [-0.2, -0.15) is 5.10 Å². The van der Waals surface area contributed by atoms with Gasteiger partial charge in [0.05, 0.1) is 0 Å². The molecule has 2 bridgehead atoms. The van der Waals surface area contributed by atoms with Crippen LogP contribution in [0, 0.1) is 0 Å². The number of aromatic nitrogens is 2. The molecule has 1 aromatic carbocycles. The van der Waals surface area contributed by atoms with Crippen LogP contribution in [0.5, 0.6) is 0 Å². The number of nitrogens with zero attached hydrogens (tertiary/aromatic N) is 4. The Kier molecular flexibility index (Phi) is 5.40. The van der Waals surface area contributed by atoms with E-state index in [-0.39, 0.29) is 5.91 Å². The smallest absolute Gasteiger partial charge is 0.272 e. The molecule has 0 unspecified atom stereocenters. The van der Waals surface area contributed by atoms with Crippen molar-refractivity contribution in [1.82, 2.24) is 19.6 Å². The van der Waals surface area contributed by atoms with Crippen LogP contribution in [0.3, 0.4) is 0 Å². The molecule has 0 saturated carbocycles. The Bertz CT molecular complexity index is 830. The molecule has 0 radical (unpaired) electrons. The first kappa shape index (κ1) is 19.0. The van der Waals surface area contributed by atoms with Crippen molar-refractivity contribution < 1.29 is 4.79 Å². The van der Waals surface area contributed by atoms with Gasteiger partial charge in [-0.25, -0.2) is 0 Å². The largest absolute Gasteiger partial charge is 0.385 e. The lowest BCUT2D eigenvalue weighted by Crippen LogP contribution is -2.48. The summed E-state index contributed by atoms with van der Waals surface area (Å²) in [4.78, 5) is 18.1. The van der Waals surface area contributed by atoms with Crippen LogP contribution in [0.2, 0.25) is 0 Å². The van der Waals surface area contributed by atoms with E-state index in [1.54, 1.807) is 10.9 Å². The van der Waals surface area contributed by atoms with Crippen LogP contribution in [-0.2, 0) is 13.6 Å². The molecule has 3 heterocycles. The second kappa shape index (κ2) is 7.95. The van der Waals surface area contributed by atoms with Crippen LogP contribution < -0.4 is 5.32 Å². The molecule has 2 atom stereocenters.